The van der Waals surface area contributed by atoms with Gasteiger partial charge in [-0.3, -0.25) is 9.59 Å². The molecule has 5 heteroatoms. The molecule has 1 saturated heterocycles. The number of hydrogen-bond donors (Lipinski definition) is 2. The number of aliphatic carboxylic acids is 1. The van der Waals surface area contributed by atoms with Crippen LogP contribution >= 0.6 is 0 Å². The lowest BCUT2D eigenvalue weighted by molar-refractivity contribution is -0.151. The molecule has 2 aliphatic rings. The van der Waals surface area contributed by atoms with E-state index in [1.54, 1.807) is 45.9 Å². The summed E-state index contributed by atoms with van der Waals surface area (Å²) in [6.07, 6.45) is 5.53. The lowest BCUT2D eigenvalue weighted by atomic mass is 9.59. The summed E-state index contributed by atoms with van der Waals surface area (Å²) < 4.78 is 5.79. The van der Waals surface area contributed by atoms with Crippen LogP contribution < -0.4 is 0 Å². The maximum atomic E-state index is 11.9. The van der Waals surface area contributed by atoms with Gasteiger partial charge in [-0.05, 0) is 33.8 Å². The van der Waals surface area contributed by atoms with Crippen molar-refractivity contribution in [1.29, 1.82) is 0 Å². The van der Waals surface area contributed by atoms with E-state index in [1.807, 2.05) is 6.92 Å². The van der Waals surface area contributed by atoms with Crippen molar-refractivity contribution in [1.82, 2.24) is 0 Å². The van der Waals surface area contributed by atoms with E-state index in [0.29, 0.717) is 6.61 Å². The number of fused-ring (bicyclic) bond motifs is 2. The minimum atomic E-state index is -1.25. The first-order valence-electron chi connectivity index (χ1n) is 7.85. The Hall–Kier alpha value is -1.46. The van der Waals surface area contributed by atoms with Gasteiger partial charge in [-0.25, -0.2) is 0 Å². The Kier molecular flexibility index (Phi) is 4.11. The SMILES string of the molecule is CC(C=C[C@]1(O)[C@]2(C)CO[C@@]1(C)CC(=O)C2)=CC(C)(C)C(=O)O. The fourth-order valence-corrected chi connectivity index (χ4v) is 3.73. The van der Waals surface area contributed by atoms with Crippen LogP contribution in [0.5, 0.6) is 0 Å². The highest BCUT2D eigenvalue weighted by Crippen LogP contribution is 2.56. The van der Waals surface area contributed by atoms with E-state index in [9.17, 15) is 19.8 Å². The molecule has 0 aromatic carbocycles. The Bertz CT molecular complexity index is 579. The molecule has 0 amide bonds. The fourth-order valence-electron chi connectivity index (χ4n) is 3.73. The second-order valence-corrected chi connectivity index (χ2v) is 7.99. The second-order valence-electron chi connectivity index (χ2n) is 7.99. The number of aliphatic hydroxyl groups is 1. The third-order valence-corrected chi connectivity index (χ3v) is 5.28. The molecule has 128 valence electrons. The van der Waals surface area contributed by atoms with E-state index in [1.165, 1.54) is 0 Å². The number of Topliss-reactive ketones (excluding diaryl/α,β-unsaturated/α-hetero) is 1. The molecule has 0 aromatic rings. The first-order valence-corrected chi connectivity index (χ1v) is 7.85. The van der Waals surface area contributed by atoms with E-state index in [4.69, 9.17) is 4.74 Å². The van der Waals surface area contributed by atoms with Crippen molar-refractivity contribution in [2.45, 2.75) is 58.7 Å². The second kappa shape index (κ2) is 5.28. The van der Waals surface area contributed by atoms with Crippen LogP contribution in [0.4, 0.5) is 0 Å². The molecule has 2 fully saturated rings. The smallest absolute Gasteiger partial charge is 0.312 e. The van der Waals surface area contributed by atoms with Gasteiger partial charge in [0.15, 0.2) is 0 Å². The average Bonchev–Trinajstić information content (AvgIpc) is 2.51. The van der Waals surface area contributed by atoms with E-state index in [2.05, 4.69) is 0 Å². The highest BCUT2D eigenvalue weighted by atomic mass is 16.5. The minimum Gasteiger partial charge on any atom is -0.481 e. The van der Waals surface area contributed by atoms with Crippen molar-refractivity contribution in [2.24, 2.45) is 10.8 Å². The molecule has 5 nitrogen and oxygen atoms in total. The number of ether oxygens (including phenoxy) is 1. The molecule has 0 unspecified atom stereocenters. The Morgan fingerprint density at radius 2 is 1.91 bits per heavy atom. The van der Waals surface area contributed by atoms with Gasteiger partial charge in [0.1, 0.15) is 17.0 Å². The van der Waals surface area contributed by atoms with Crippen LogP contribution in [0.15, 0.2) is 23.8 Å². The summed E-state index contributed by atoms with van der Waals surface area (Å²) in [6.45, 7) is 9.00. The van der Waals surface area contributed by atoms with Crippen LogP contribution in [0.3, 0.4) is 0 Å². The van der Waals surface area contributed by atoms with Crippen molar-refractivity contribution >= 4 is 11.8 Å². The molecular formula is C18H26O5. The molecule has 0 spiro atoms. The zero-order valence-electron chi connectivity index (χ0n) is 14.5. The molecule has 2 bridgehead atoms. The number of carboxylic acid groups (broad SMARTS) is 1. The summed E-state index contributed by atoms with van der Waals surface area (Å²) in [5.74, 6) is -0.806. The molecule has 0 radical (unpaired) electrons. The Balaban J connectivity index is 2.33. The van der Waals surface area contributed by atoms with Crippen LogP contribution in [-0.2, 0) is 14.3 Å². The Morgan fingerprint density at radius 1 is 1.30 bits per heavy atom. The molecule has 23 heavy (non-hydrogen) atoms. The first-order chi connectivity index (χ1) is 10.4. The largest absolute Gasteiger partial charge is 0.481 e. The highest BCUT2D eigenvalue weighted by Gasteiger charge is 2.67. The third kappa shape index (κ3) is 2.76. The van der Waals surface area contributed by atoms with Crippen molar-refractivity contribution < 1.29 is 24.5 Å². The normalized spacial score (nSPS) is 38.3. The summed E-state index contributed by atoms with van der Waals surface area (Å²) >= 11 is 0. The van der Waals surface area contributed by atoms with E-state index in [0.717, 1.165) is 5.57 Å². The van der Waals surface area contributed by atoms with Crippen LogP contribution in [0.2, 0.25) is 0 Å². The van der Waals surface area contributed by atoms with Crippen molar-refractivity contribution in [2.75, 3.05) is 6.61 Å². The number of allylic oxidation sites excluding steroid dienone is 2. The number of carboxylic acids is 1. The number of carbonyl (C=O) groups excluding carboxylic acids is 1. The summed E-state index contributed by atoms with van der Waals surface area (Å²) in [7, 11) is 0. The quantitative estimate of drug-likeness (QED) is 0.777. The van der Waals surface area contributed by atoms with Crippen LogP contribution in [0.25, 0.3) is 0 Å². The van der Waals surface area contributed by atoms with Gasteiger partial charge in [-0.15, -0.1) is 0 Å². The predicted octanol–water partition coefficient (Wildman–Crippen LogP) is 2.49. The lowest BCUT2D eigenvalue weighted by Crippen LogP contribution is -2.60. The maximum absolute atomic E-state index is 11.9. The molecule has 2 N–H and O–H groups in total. The van der Waals surface area contributed by atoms with Gasteiger partial charge < -0.3 is 14.9 Å². The summed E-state index contributed by atoms with van der Waals surface area (Å²) in [5, 5.41) is 20.4. The zero-order chi connectivity index (χ0) is 17.7. The van der Waals surface area contributed by atoms with Crippen molar-refractivity contribution in [3.63, 3.8) is 0 Å². The molecule has 0 aromatic heterocycles. The number of hydrogen-bond acceptors (Lipinski definition) is 4. The van der Waals surface area contributed by atoms with E-state index in [-0.39, 0.29) is 18.6 Å². The number of carbonyl (C=O) groups is 2. The van der Waals surface area contributed by atoms with Gasteiger partial charge in [0.25, 0.3) is 0 Å². The predicted molar refractivity (Wildman–Crippen MR) is 86.0 cm³/mol. The Morgan fingerprint density at radius 3 is 2.43 bits per heavy atom. The van der Waals surface area contributed by atoms with Gasteiger partial charge in [-0.2, -0.15) is 0 Å². The first kappa shape index (κ1) is 17.9. The maximum Gasteiger partial charge on any atom is 0.312 e. The Labute approximate surface area is 137 Å². The molecule has 2 rings (SSSR count). The van der Waals surface area contributed by atoms with Crippen LogP contribution in [0.1, 0.15) is 47.5 Å². The van der Waals surface area contributed by atoms with Crippen LogP contribution in [0, 0.1) is 10.8 Å². The molecular weight excluding hydrogens is 296 g/mol. The minimum absolute atomic E-state index is 0.102. The highest BCUT2D eigenvalue weighted by molar-refractivity contribution is 5.83. The summed E-state index contributed by atoms with van der Waals surface area (Å²) in [4.78, 5) is 23.1. The van der Waals surface area contributed by atoms with Gasteiger partial charge in [-0.1, -0.05) is 24.6 Å². The average molecular weight is 322 g/mol. The van der Waals surface area contributed by atoms with Crippen molar-refractivity contribution in [3.8, 4) is 0 Å². The summed E-state index contributed by atoms with van der Waals surface area (Å²) in [5.41, 5.74) is -3.08. The molecule has 1 saturated carbocycles. The number of ketones is 1. The lowest BCUT2D eigenvalue weighted by Gasteiger charge is -2.47. The topological polar surface area (TPSA) is 83.8 Å². The van der Waals surface area contributed by atoms with Gasteiger partial charge in [0, 0.05) is 18.3 Å². The molecule has 1 aliphatic heterocycles. The van der Waals surface area contributed by atoms with Crippen LogP contribution in [-0.4, -0.2) is 39.8 Å². The van der Waals surface area contributed by atoms with Gasteiger partial charge >= 0.3 is 5.97 Å². The standard InChI is InChI=1S/C18H26O5/c1-12(8-15(2,3)14(20)21)6-7-18(22)16(4)9-13(19)10-17(18,5)23-11-16/h6-8,22H,9-11H2,1-5H3,(H,20,21)/t16-,17-,18-/m0/s1. The number of rotatable bonds is 4. The molecule has 1 heterocycles. The summed E-state index contributed by atoms with van der Waals surface area (Å²) in [6, 6.07) is 0. The van der Waals surface area contributed by atoms with E-state index < -0.39 is 28.0 Å². The third-order valence-electron chi connectivity index (χ3n) is 5.28. The monoisotopic (exact) mass is 322 g/mol. The van der Waals surface area contributed by atoms with Gasteiger partial charge in [0.2, 0.25) is 0 Å². The van der Waals surface area contributed by atoms with Crippen molar-refractivity contribution in [3.05, 3.63) is 23.8 Å². The molecule has 1 aliphatic carbocycles. The zero-order valence-corrected chi connectivity index (χ0v) is 14.5. The fraction of sp³-hybridized carbons (Fsp3) is 0.667. The molecule has 3 atom stereocenters. The van der Waals surface area contributed by atoms with Gasteiger partial charge in [0.05, 0.1) is 12.0 Å². The van der Waals surface area contributed by atoms with E-state index >= 15 is 0 Å².